The van der Waals surface area contributed by atoms with Crippen molar-refractivity contribution < 1.29 is 4.79 Å². The summed E-state index contributed by atoms with van der Waals surface area (Å²) in [6, 6.07) is 1.89. The van der Waals surface area contributed by atoms with Crippen LogP contribution in [0.4, 0.5) is 11.5 Å². The van der Waals surface area contributed by atoms with Crippen molar-refractivity contribution in [3.63, 3.8) is 0 Å². The maximum Gasteiger partial charge on any atom is 0.231 e. The number of anilines is 2. The van der Waals surface area contributed by atoms with Crippen molar-refractivity contribution >= 4 is 17.4 Å². The lowest BCUT2D eigenvalue weighted by Gasteiger charge is -2.19. The summed E-state index contributed by atoms with van der Waals surface area (Å²) in [6.07, 6.45) is 1.74. The van der Waals surface area contributed by atoms with Crippen LogP contribution in [-0.2, 0) is 4.79 Å². The highest BCUT2D eigenvalue weighted by atomic mass is 16.2. The third kappa shape index (κ3) is 1.67. The summed E-state index contributed by atoms with van der Waals surface area (Å²) in [5.41, 5.74) is 1.42. The number of rotatable bonds is 0. The van der Waals surface area contributed by atoms with Crippen molar-refractivity contribution in [3.8, 4) is 0 Å². The Hall–Kier alpha value is -1.58. The predicted octanol–water partition coefficient (Wildman–Crippen LogP) is 1.78. The average molecular weight is 205 g/mol. The third-order valence-electron chi connectivity index (χ3n) is 2.71. The van der Waals surface area contributed by atoms with E-state index < -0.39 is 5.41 Å². The molecule has 15 heavy (non-hydrogen) atoms. The lowest BCUT2D eigenvalue weighted by Crippen LogP contribution is -2.34. The Balaban J connectivity index is 2.45. The fraction of sp³-hybridized carbons (Fsp3) is 0.455. The molecule has 4 nitrogen and oxygen atoms in total. The summed E-state index contributed by atoms with van der Waals surface area (Å²) in [7, 11) is 0. The maximum absolute atomic E-state index is 11.9. The van der Waals surface area contributed by atoms with Gasteiger partial charge in [-0.3, -0.25) is 4.79 Å². The molecule has 0 saturated heterocycles. The minimum absolute atomic E-state index is 0.0323. The zero-order chi connectivity index (χ0) is 11.1. The molecule has 1 aromatic rings. The molecule has 1 amide bonds. The van der Waals surface area contributed by atoms with Gasteiger partial charge in [-0.25, -0.2) is 4.98 Å². The van der Waals surface area contributed by atoms with E-state index in [-0.39, 0.29) is 5.91 Å². The number of hydrogen-bond acceptors (Lipinski definition) is 3. The van der Waals surface area contributed by atoms with Crippen molar-refractivity contribution in [1.29, 1.82) is 0 Å². The molecule has 0 bridgehead atoms. The highest BCUT2D eigenvalue weighted by Gasteiger charge is 2.31. The van der Waals surface area contributed by atoms with E-state index in [9.17, 15) is 4.79 Å². The molecule has 2 N–H and O–H groups in total. The zero-order valence-corrected chi connectivity index (χ0v) is 9.22. The van der Waals surface area contributed by atoms with Gasteiger partial charge in [0.25, 0.3) is 0 Å². The lowest BCUT2D eigenvalue weighted by atomic mass is 9.93. The minimum atomic E-state index is -0.410. The SMILES string of the molecule is Cc1ccnc2c1NC(=O)C(C)(C)CN2. The fourth-order valence-electron chi connectivity index (χ4n) is 1.52. The molecule has 2 heterocycles. The summed E-state index contributed by atoms with van der Waals surface area (Å²) < 4.78 is 0. The summed E-state index contributed by atoms with van der Waals surface area (Å²) in [5.74, 6) is 0.791. The lowest BCUT2D eigenvalue weighted by molar-refractivity contribution is -0.123. The van der Waals surface area contributed by atoms with Gasteiger partial charge < -0.3 is 10.6 Å². The molecular weight excluding hydrogens is 190 g/mol. The number of pyridine rings is 1. The smallest absolute Gasteiger partial charge is 0.231 e. The second-order valence-corrected chi connectivity index (χ2v) is 4.54. The standard InChI is InChI=1S/C11H15N3O/c1-7-4-5-12-9-8(7)14-10(15)11(2,3)6-13-9/h4-5H,6H2,1-3H3,(H,12,13)(H,14,15). The number of nitrogens with one attached hydrogen (secondary N) is 2. The molecule has 0 aliphatic carbocycles. The van der Waals surface area contributed by atoms with Crippen molar-refractivity contribution in [2.45, 2.75) is 20.8 Å². The molecule has 0 spiro atoms. The molecule has 1 aromatic heterocycles. The van der Waals surface area contributed by atoms with E-state index in [0.29, 0.717) is 6.54 Å². The first-order chi connectivity index (χ1) is 7.00. The van der Waals surface area contributed by atoms with Crippen LogP contribution in [0.3, 0.4) is 0 Å². The van der Waals surface area contributed by atoms with Crippen molar-refractivity contribution in [1.82, 2.24) is 4.98 Å². The Morgan fingerprint density at radius 1 is 1.47 bits per heavy atom. The molecule has 0 radical (unpaired) electrons. The number of aromatic nitrogens is 1. The molecule has 1 aliphatic heterocycles. The Morgan fingerprint density at radius 3 is 2.93 bits per heavy atom. The number of hydrogen-bond donors (Lipinski definition) is 2. The van der Waals surface area contributed by atoms with E-state index in [1.165, 1.54) is 0 Å². The minimum Gasteiger partial charge on any atom is -0.367 e. The van der Waals surface area contributed by atoms with Gasteiger partial charge in [0.15, 0.2) is 0 Å². The van der Waals surface area contributed by atoms with E-state index in [2.05, 4.69) is 15.6 Å². The quantitative estimate of drug-likeness (QED) is 0.678. The van der Waals surface area contributed by atoms with Crippen LogP contribution in [0.15, 0.2) is 12.3 Å². The van der Waals surface area contributed by atoms with Gasteiger partial charge in [-0.15, -0.1) is 0 Å². The largest absolute Gasteiger partial charge is 0.367 e. The summed E-state index contributed by atoms with van der Waals surface area (Å²) in [4.78, 5) is 16.1. The third-order valence-corrected chi connectivity index (χ3v) is 2.71. The Labute approximate surface area is 89.1 Å². The Morgan fingerprint density at radius 2 is 2.20 bits per heavy atom. The first-order valence-corrected chi connectivity index (χ1v) is 5.02. The normalized spacial score (nSPS) is 18.5. The van der Waals surface area contributed by atoms with Gasteiger partial charge in [-0.2, -0.15) is 0 Å². The molecule has 1 aliphatic rings. The number of amides is 1. The second kappa shape index (κ2) is 3.22. The summed E-state index contributed by atoms with van der Waals surface area (Å²) in [5, 5.41) is 6.11. The number of nitrogens with zero attached hydrogens (tertiary/aromatic N) is 1. The molecule has 0 aromatic carbocycles. The van der Waals surface area contributed by atoms with Crippen LogP contribution < -0.4 is 10.6 Å². The Bertz CT molecular complexity index is 412. The van der Waals surface area contributed by atoms with Crippen LogP contribution in [0, 0.1) is 12.3 Å². The Kier molecular flexibility index (Phi) is 2.14. The molecule has 4 heteroatoms. The van der Waals surface area contributed by atoms with Crippen molar-refractivity contribution in [2.24, 2.45) is 5.41 Å². The van der Waals surface area contributed by atoms with E-state index in [1.807, 2.05) is 26.8 Å². The van der Waals surface area contributed by atoms with Gasteiger partial charge in [0.1, 0.15) is 5.82 Å². The van der Waals surface area contributed by atoms with Crippen LogP contribution in [-0.4, -0.2) is 17.4 Å². The van der Waals surface area contributed by atoms with Crippen LogP contribution in [0.5, 0.6) is 0 Å². The maximum atomic E-state index is 11.9. The topological polar surface area (TPSA) is 54.0 Å². The molecule has 0 unspecified atom stereocenters. The van der Waals surface area contributed by atoms with Gasteiger partial charge in [0.2, 0.25) is 5.91 Å². The zero-order valence-electron chi connectivity index (χ0n) is 9.22. The van der Waals surface area contributed by atoms with E-state index in [1.54, 1.807) is 6.20 Å². The van der Waals surface area contributed by atoms with Crippen LogP contribution in [0.2, 0.25) is 0 Å². The molecular formula is C11H15N3O. The van der Waals surface area contributed by atoms with Crippen molar-refractivity contribution in [2.75, 3.05) is 17.2 Å². The molecule has 80 valence electrons. The first-order valence-electron chi connectivity index (χ1n) is 5.02. The fourth-order valence-corrected chi connectivity index (χ4v) is 1.52. The van der Waals surface area contributed by atoms with Gasteiger partial charge in [-0.1, -0.05) is 0 Å². The van der Waals surface area contributed by atoms with Gasteiger partial charge >= 0.3 is 0 Å². The summed E-state index contributed by atoms with van der Waals surface area (Å²) in [6.45, 7) is 6.39. The average Bonchev–Trinajstić information content (AvgIpc) is 2.28. The van der Waals surface area contributed by atoms with E-state index in [4.69, 9.17) is 0 Å². The molecule has 0 fully saturated rings. The van der Waals surface area contributed by atoms with Gasteiger partial charge in [-0.05, 0) is 32.4 Å². The summed E-state index contributed by atoms with van der Waals surface area (Å²) >= 11 is 0. The highest BCUT2D eigenvalue weighted by molar-refractivity contribution is 5.99. The van der Waals surface area contributed by atoms with Gasteiger partial charge in [0.05, 0.1) is 11.1 Å². The number of aryl methyl sites for hydroxylation is 1. The number of fused-ring (bicyclic) bond motifs is 1. The monoisotopic (exact) mass is 205 g/mol. The van der Waals surface area contributed by atoms with Crippen LogP contribution in [0.25, 0.3) is 0 Å². The highest BCUT2D eigenvalue weighted by Crippen LogP contribution is 2.30. The predicted molar refractivity (Wildman–Crippen MR) is 59.9 cm³/mol. The number of carbonyl (C=O) groups excluding carboxylic acids is 1. The first kappa shape index (κ1) is 9.96. The number of carbonyl (C=O) groups is 1. The van der Waals surface area contributed by atoms with Crippen molar-refractivity contribution in [3.05, 3.63) is 17.8 Å². The molecule has 0 saturated carbocycles. The van der Waals surface area contributed by atoms with Crippen LogP contribution in [0.1, 0.15) is 19.4 Å². The van der Waals surface area contributed by atoms with Gasteiger partial charge in [0, 0.05) is 12.7 Å². The molecule has 2 rings (SSSR count). The second-order valence-electron chi connectivity index (χ2n) is 4.54. The molecule has 0 atom stereocenters. The van der Waals surface area contributed by atoms with E-state index in [0.717, 1.165) is 17.1 Å². The van der Waals surface area contributed by atoms with E-state index >= 15 is 0 Å². The van der Waals surface area contributed by atoms with Crippen LogP contribution >= 0.6 is 0 Å².